The van der Waals surface area contributed by atoms with Gasteiger partial charge in [-0.15, -0.1) is 0 Å². The second-order valence-electron chi connectivity index (χ2n) is 8.71. The van der Waals surface area contributed by atoms with Gasteiger partial charge in [-0.25, -0.2) is 0 Å². The molecule has 162 valence electrons. The number of benzene rings is 2. The third kappa shape index (κ3) is 3.73. The van der Waals surface area contributed by atoms with Gasteiger partial charge in [0.1, 0.15) is 5.69 Å². The lowest BCUT2D eigenvalue weighted by Crippen LogP contribution is -2.48. The number of carbonyl (C=O) groups is 2. The third-order valence-corrected chi connectivity index (χ3v) is 6.55. The van der Waals surface area contributed by atoms with Gasteiger partial charge in [-0.05, 0) is 47.7 Å². The number of nitrogens with zero attached hydrogens (tertiary/aromatic N) is 2. The Labute approximate surface area is 186 Å². The molecular weight excluding hydrogens is 402 g/mol. The summed E-state index contributed by atoms with van der Waals surface area (Å²) in [7, 11) is 0. The first-order valence-corrected chi connectivity index (χ1v) is 11.0. The van der Waals surface area contributed by atoms with Crippen molar-refractivity contribution >= 4 is 17.5 Å². The van der Waals surface area contributed by atoms with Crippen molar-refractivity contribution in [2.75, 3.05) is 18.4 Å². The molecule has 3 heterocycles. The van der Waals surface area contributed by atoms with Gasteiger partial charge in [0, 0.05) is 43.7 Å². The van der Waals surface area contributed by atoms with Gasteiger partial charge < -0.3 is 14.8 Å². The van der Waals surface area contributed by atoms with E-state index >= 15 is 0 Å². The second kappa shape index (κ2) is 8.11. The number of piperidine rings is 1. The largest absolute Gasteiger partial charge is 0.342 e. The summed E-state index contributed by atoms with van der Waals surface area (Å²) in [6, 6.07) is 20.9. The molecule has 0 unspecified atom stereocenters. The number of likely N-dealkylation sites (tertiary alicyclic amines) is 1. The van der Waals surface area contributed by atoms with Crippen LogP contribution in [0, 0.1) is 5.92 Å². The molecule has 1 saturated heterocycles. The first kappa shape index (κ1) is 20.2. The molecule has 1 fully saturated rings. The fourth-order valence-electron chi connectivity index (χ4n) is 4.94. The van der Waals surface area contributed by atoms with E-state index in [1.54, 1.807) is 29.7 Å². The van der Waals surface area contributed by atoms with E-state index < -0.39 is 0 Å². The Hall–Kier alpha value is -3.67. The molecule has 3 aromatic rings. The zero-order valence-corrected chi connectivity index (χ0v) is 18.0. The van der Waals surface area contributed by atoms with Crippen molar-refractivity contribution < 1.29 is 9.59 Å². The number of rotatable bonds is 3. The lowest BCUT2D eigenvalue weighted by molar-refractivity contribution is -0.131. The maximum absolute atomic E-state index is 13.1. The molecule has 2 bridgehead atoms. The van der Waals surface area contributed by atoms with Crippen LogP contribution in [-0.4, -0.2) is 34.4 Å². The van der Waals surface area contributed by atoms with Crippen LogP contribution in [0.3, 0.4) is 0 Å². The molecule has 2 aliphatic heterocycles. The lowest BCUT2D eigenvalue weighted by Gasteiger charge is -2.42. The van der Waals surface area contributed by atoms with E-state index in [1.807, 2.05) is 53.4 Å². The van der Waals surface area contributed by atoms with Gasteiger partial charge in [-0.1, -0.05) is 42.5 Å². The van der Waals surface area contributed by atoms with Gasteiger partial charge in [0.25, 0.3) is 11.5 Å². The number of hydrogen-bond acceptors (Lipinski definition) is 3. The number of fused-ring (bicyclic) bond motifs is 4. The molecular formula is C26H25N3O3. The number of pyridine rings is 1. The van der Waals surface area contributed by atoms with Gasteiger partial charge >= 0.3 is 0 Å². The van der Waals surface area contributed by atoms with Crippen molar-refractivity contribution in [1.29, 1.82) is 0 Å². The first-order valence-electron chi connectivity index (χ1n) is 11.0. The fourth-order valence-corrected chi connectivity index (χ4v) is 4.94. The summed E-state index contributed by atoms with van der Waals surface area (Å²) in [4.78, 5) is 39.6. The predicted octanol–water partition coefficient (Wildman–Crippen LogP) is 3.73. The van der Waals surface area contributed by atoms with E-state index in [0.29, 0.717) is 25.2 Å². The first-order chi connectivity index (χ1) is 15.5. The smallest absolute Gasteiger partial charge is 0.274 e. The molecule has 2 aromatic carbocycles. The lowest BCUT2D eigenvalue weighted by atomic mass is 9.83. The van der Waals surface area contributed by atoms with Crippen LogP contribution >= 0.6 is 0 Å². The minimum atomic E-state index is -0.305. The maximum Gasteiger partial charge on any atom is 0.274 e. The van der Waals surface area contributed by atoms with E-state index in [4.69, 9.17) is 0 Å². The number of anilines is 1. The van der Waals surface area contributed by atoms with E-state index in [0.717, 1.165) is 23.2 Å². The Kier molecular flexibility index (Phi) is 5.13. The SMILES string of the molecule is CC(=O)N1C[C@H]2C[C@@H](C1)c1ccc(NC(=O)c3ccc(-c4ccccc4)cc3)c(=O)n1C2. The van der Waals surface area contributed by atoms with E-state index in [-0.39, 0.29) is 34.9 Å². The molecule has 32 heavy (non-hydrogen) atoms. The summed E-state index contributed by atoms with van der Waals surface area (Å²) in [6.45, 7) is 3.50. The molecule has 1 N–H and O–H groups in total. The number of amides is 2. The van der Waals surface area contributed by atoms with Crippen molar-refractivity contribution in [1.82, 2.24) is 9.47 Å². The molecule has 5 rings (SSSR count). The average Bonchev–Trinajstić information content (AvgIpc) is 2.81. The molecule has 6 nitrogen and oxygen atoms in total. The molecule has 0 radical (unpaired) electrons. The average molecular weight is 428 g/mol. The number of carbonyl (C=O) groups excluding carboxylic acids is 2. The van der Waals surface area contributed by atoms with Crippen molar-refractivity contribution in [2.45, 2.75) is 25.8 Å². The Bertz CT molecular complexity index is 1230. The highest BCUT2D eigenvalue weighted by atomic mass is 16.2. The van der Waals surface area contributed by atoms with Gasteiger partial charge in [-0.2, -0.15) is 0 Å². The summed E-state index contributed by atoms with van der Waals surface area (Å²) in [5, 5.41) is 2.79. The summed E-state index contributed by atoms with van der Waals surface area (Å²) in [5.41, 5.74) is 3.67. The Morgan fingerprint density at radius 1 is 0.875 bits per heavy atom. The molecule has 2 aliphatic rings. The van der Waals surface area contributed by atoms with Crippen LogP contribution in [0.4, 0.5) is 5.69 Å². The fraction of sp³-hybridized carbons (Fsp3) is 0.269. The van der Waals surface area contributed by atoms with Crippen molar-refractivity contribution in [3.05, 3.63) is 88.3 Å². The quantitative estimate of drug-likeness (QED) is 0.692. The Morgan fingerprint density at radius 3 is 2.31 bits per heavy atom. The molecule has 6 heteroatoms. The second-order valence-corrected chi connectivity index (χ2v) is 8.71. The zero-order chi connectivity index (χ0) is 22.2. The normalized spacial score (nSPS) is 19.2. The minimum absolute atomic E-state index is 0.0812. The van der Waals surface area contributed by atoms with Gasteiger partial charge in [0.05, 0.1) is 0 Å². The summed E-state index contributed by atoms with van der Waals surface area (Å²) < 4.78 is 1.78. The summed E-state index contributed by atoms with van der Waals surface area (Å²) in [5.74, 6) is 0.201. The van der Waals surface area contributed by atoms with Crippen LogP contribution in [0.2, 0.25) is 0 Å². The van der Waals surface area contributed by atoms with Crippen LogP contribution in [0.1, 0.15) is 35.3 Å². The standard InChI is InChI=1S/C26H25N3O3/c1-17(30)28-14-18-13-22(16-28)24-12-11-23(26(32)29(24)15-18)27-25(31)21-9-7-20(8-10-21)19-5-3-2-4-6-19/h2-12,18,22H,13-16H2,1H3,(H,27,31)/t18-,22+/m1/s1. The minimum Gasteiger partial charge on any atom is -0.342 e. The molecule has 0 saturated carbocycles. The van der Waals surface area contributed by atoms with Crippen molar-refractivity contribution in [3.8, 4) is 11.1 Å². The zero-order valence-electron chi connectivity index (χ0n) is 18.0. The van der Waals surface area contributed by atoms with Crippen LogP contribution in [-0.2, 0) is 11.3 Å². The number of nitrogens with one attached hydrogen (secondary N) is 1. The van der Waals surface area contributed by atoms with E-state index in [1.165, 1.54) is 0 Å². The van der Waals surface area contributed by atoms with E-state index in [2.05, 4.69) is 5.32 Å². The number of hydrogen-bond donors (Lipinski definition) is 1. The van der Waals surface area contributed by atoms with Crippen LogP contribution in [0.5, 0.6) is 0 Å². The third-order valence-electron chi connectivity index (χ3n) is 6.55. The molecule has 1 aromatic heterocycles. The highest BCUT2D eigenvalue weighted by molar-refractivity contribution is 6.04. The molecule has 0 spiro atoms. The van der Waals surface area contributed by atoms with Crippen molar-refractivity contribution in [2.24, 2.45) is 5.92 Å². The van der Waals surface area contributed by atoms with Crippen LogP contribution < -0.4 is 10.9 Å². The highest BCUT2D eigenvalue weighted by Crippen LogP contribution is 2.35. The summed E-state index contributed by atoms with van der Waals surface area (Å²) in [6.07, 6.45) is 0.989. The molecule has 2 amide bonds. The molecule has 2 atom stereocenters. The van der Waals surface area contributed by atoms with Crippen molar-refractivity contribution in [3.63, 3.8) is 0 Å². The van der Waals surface area contributed by atoms with Crippen LogP contribution in [0.25, 0.3) is 11.1 Å². The Morgan fingerprint density at radius 2 is 1.59 bits per heavy atom. The van der Waals surface area contributed by atoms with E-state index in [9.17, 15) is 14.4 Å². The van der Waals surface area contributed by atoms with Gasteiger partial charge in [0.15, 0.2) is 0 Å². The monoisotopic (exact) mass is 427 g/mol. The predicted molar refractivity (Wildman–Crippen MR) is 124 cm³/mol. The van der Waals surface area contributed by atoms with Gasteiger partial charge in [-0.3, -0.25) is 14.4 Å². The van der Waals surface area contributed by atoms with Gasteiger partial charge in [0.2, 0.25) is 5.91 Å². The maximum atomic E-state index is 13.1. The molecule has 0 aliphatic carbocycles. The topological polar surface area (TPSA) is 71.4 Å². The Balaban J connectivity index is 1.36. The number of aromatic nitrogens is 1. The summed E-state index contributed by atoms with van der Waals surface area (Å²) >= 11 is 0. The van der Waals surface area contributed by atoms with Crippen LogP contribution in [0.15, 0.2) is 71.5 Å². The highest BCUT2D eigenvalue weighted by Gasteiger charge is 2.35.